The van der Waals surface area contributed by atoms with Gasteiger partial charge in [0.05, 0.1) is 0 Å². The Balaban J connectivity index is 2.27. The second kappa shape index (κ2) is 5.10. The normalized spacial score (nSPS) is 10.8. The van der Waals surface area contributed by atoms with E-state index in [1.807, 2.05) is 19.2 Å². The van der Waals surface area contributed by atoms with Crippen LogP contribution in [0.4, 0.5) is 0 Å². The van der Waals surface area contributed by atoms with Gasteiger partial charge in [0.2, 0.25) is 11.8 Å². The fraction of sp³-hybridized carbons (Fsp3) is 0.385. The van der Waals surface area contributed by atoms with Crippen LogP contribution in [0.25, 0.3) is 11.5 Å². The van der Waals surface area contributed by atoms with Crippen molar-refractivity contribution in [2.75, 3.05) is 13.6 Å². The van der Waals surface area contributed by atoms with Gasteiger partial charge < -0.3 is 9.73 Å². The molecule has 4 heteroatoms. The van der Waals surface area contributed by atoms with E-state index in [9.17, 15) is 0 Å². The maximum absolute atomic E-state index is 5.65. The molecule has 0 amide bonds. The van der Waals surface area contributed by atoms with Crippen molar-refractivity contribution < 1.29 is 4.42 Å². The number of likely N-dealkylation sites (N-methyl/N-ethyl adjacent to an activating group) is 1. The Hall–Kier alpha value is -1.68. The van der Waals surface area contributed by atoms with Gasteiger partial charge in [-0.2, -0.15) is 0 Å². The van der Waals surface area contributed by atoms with Crippen molar-refractivity contribution in [3.8, 4) is 11.5 Å². The summed E-state index contributed by atoms with van der Waals surface area (Å²) in [6, 6.07) is 6.10. The summed E-state index contributed by atoms with van der Waals surface area (Å²) in [6.07, 6.45) is 0.758. The van der Waals surface area contributed by atoms with Gasteiger partial charge in [-0.1, -0.05) is 12.1 Å². The summed E-state index contributed by atoms with van der Waals surface area (Å²) < 4.78 is 5.65. The van der Waals surface area contributed by atoms with Crippen LogP contribution in [-0.2, 0) is 6.42 Å². The second-order valence-electron chi connectivity index (χ2n) is 4.10. The largest absolute Gasteiger partial charge is 0.421 e. The lowest BCUT2D eigenvalue weighted by Gasteiger charge is -2.03. The lowest BCUT2D eigenvalue weighted by molar-refractivity contribution is 0.500. The Labute approximate surface area is 101 Å². The first-order valence-corrected chi connectivity index (χ1v) is 5.76. The molecule has 0 bridgehead atoms. The monoisotopic (exact) mass is 231 g/mol. The fourth-order valence-corrected chi connectivity index (χ4v) is 1.68. The topological polar surface area (TPSA) is 51.0 Å². The third-order valence-corrected chi connectivity index (χ3v) is 2.89. The van der Waals surface area contributed by atoms with Crippen LogP contribution in [0.15, 0.2) is 22.6 Å². The van der Waals surface area contributed by atoms with Crippen molar-refractivity contribution in [2.45, 2.75) is 20.3 Å². The van der Waals surface area contributed by atoms with E-state index in [0.717, 1.165) is 18.5 Å². The van der Waals surface area contributed by atoms with Crippen molar-refractivity contribution in [3.63, 3.8) is 0 Å². The van der Waals surface area contributed by atoms with Crippen LogP contribution in [0.5, 0.6) is 0 Å². The molecule has 0 radical (unpaired) electrons. The van der Waals surface area contributed by atoms with Gasteiger partial charge in [0.15, 0.2) is 0 Å². The standard InChI is InChI=1S/C13H17N3O/c1-9-5-4-6-11(10(9)2)13-16-15-12(17-13)7-8-14-3/h4-6,14H,7-8H2,1-3H3. The molecule has 0 aliphatic heterocycles. The smallest absolute Gasteiger partial charge is 0.248 e. The van der Waals surface area contributed by atoms with Gasteiger partial charge in [0.1, 0.15) is 0 Å². The lowest BCUT2D eigenvalue weighted by atomic mass is 10.0. The number of benzene rings is 1. The van der Waals surface area contributed by atoms with Crippen LogP contribution in [0, 0.1) is 13.8 Å². The van der Waals surface area contributed by atoms with E-state index in [1.54, 1.807) is 0 Å². The zero-order valence-electron chi connectivity index (χ0n) is 10.4. The van der Waals surface area contributed by atoms with Gasteiger partial charge in [0, 0.05) is 18.5 Å². The number of aromatic nitrogens is 2. The summed E-state index contributed by atoms with van der Waals surface area (Å²) in [5.74, 6) is 1.28. The molecule has 0 saturated heterocycles. The maximum atomic E-state index is 5.65. The number of hydrogen-bond acceptors (Lipinski definition) is 4. The van der Waals surface area contributed by atoms with E-state index in [0.29, 0.717) is 11.8 Å². The van der Waals surface area contributed by atoms with E-state index in [1.165, 1.54) is 11.1 Å². The highest BCUT2D eigenvalue weighted by atomic mass is 16.4. The van der Waals surface area contributed by atoms with Crippen LogP contribution >= 0.6 is 0 Å². The molecule has 1 heterocycles. The predicted octanol–water partition coefficient (Wildman–Crippen LogP) is 2.12. The molecule has 2 rings (SSSR count). The van der Waals surface area contributed by atoms with Crippen molar-refractivity contribution in [1.82, 2.24) is 15.5 Å². The molecular weight excluding hydrogens is 214 g/mol. The molecule has 0 unspecified atom stereocenters. The minimum atomic E-state index is 0.609. The third kappa shape index (κ3) is 2.53. The molecule has 0 aliphatic rings. The molecule has 1 aromatic carbocycles. The van der Waals surface area contributed by atoms with Gasteiger partial charge in [-0.15, -0.1) is 10.2 Å². The van der Waals surface area contributed by atoms with Crippen LogP contribution in [-0.4, -0.2) is 23.8 Å². The minimum absolute atomic E-state index is 0.609. The molecule has 0 atom stereocenters. The zero-order chi connectivity index (χ0) is 12.3. The van der Waals surface area contributed by atoms with Crippen LogP contribution in [0.3, 0.4) is 0 Å². The molecule has 1 N–H and O–H groups in total. The van der Waals surface area contributed by atoms with Crippen molar-refractivity contribution in [1.29, 1.82) is 0 Å². The first-order chi connectivity index (χ1) is 8.22. The first-order valence-electron chi connectivity index (χ1n) is 5.76. The van der Waals surface area contributed by atoms with Gasteiger partial charge in [-0.05, 0) is 38.1 Å². The molecule has 2 aromatic rings. The Morgan fingerprint density at radius 1 is 1.24 bits per heavy atom. The molecule has 0 aliphatic carbocycles. The first kappa shape index (κ1) is 11.8. The van der Waals surface area contributed by atoms with Gasteiger partial charge in [-0.3, -0.25) is 0 Å². The van der Waals surface area contributed by atoms with Gasteiger partial charge >= 0.3 is 0 Å². The Bertz CT molecular complexity index is 505. The summed E-state index contributed by atoms with van der Waals surface area (Å²) in [4.78, 5) is 0. The number of rotatable bonds is 4. The highest BCUT2D eigenvalue weighted by molar-refractivity contribution is 5.59. The van der Waals surface area contributed by atoms with E-state index in [-0.39, 0.29) is 0 Å². The van der Waals surface area contributed by atoms with Crippen LogP contribution in [0.1, 0.15) is 17.0 Å². The van der Waals surface area contributed by atoms with Crippen LogP contribution in [0.2, 0.25) is 0 Å². The Kier molecular flexibility index (Phi) is 3.54. The summed E-state index contributed by atoms with van der Waals surface area (Å²) >= 11 is 0. The number of hydrogen-bond donors (Lipinski definition) is 1. The molecule has 0 fully saturated rings. The second-order valence-corrected chi connectivity index (χ2v) is 4.10. The van der Waals surface area contributed by atoms with E-state index in [4.69, 9.17) is 4.42 Å². The predicted molar refractivity (Wildman–Crippen MR) is 66.8 cm³/mol. The quantitative estimate of drug-likeness (QED) is 0.875. The maximum Gasteiger partial charge on any atom is 0.248 e. The Morgan fingerprint density at radius 2 is 2.06 bits per heavy atom. The number of nitrogens with zero attached hydrogens (tertiary/aromatic N) is 2. The average molecular weight is 231 g/mol. The fourth-order valence-electron chi connectivity index (χ4n) is 1.68. The molecule has 4 nitrogen and oxygen atoms in total. The van der Waals surface area contributed by atoms with Crippen molar-refractivity contribution in [2.24, 2.45) is 0 Å². The SMILES string of the molecule is CNCCc1nnc(-c2cccc(C)c2C)o1. The lowest BCUT2D eigenvalue weighted by Crippen LogP contribution is -2.10. The molecule has 90 valence electrons. The molecule has 1 aromatic heterocycles. The van der Waals surface area contributed by atoms with E-state index in [2.05, 4.69) is 35.4 Å². The summed E-state index contributed by atoms with van der Waals surface area (Å²) in [5.41, 5.74) is 3.45. The van der Waals surface area contributed by atoms with E-state index < -0.39 is 0 Å². The highest BCUT2D eigenvalue weighted by Gasteiger charge is 2.11. The average Bonchev–Trinajstić information content (AvgIpc) is 2.78. The van der Waals surface area contributed by atoms with Crippen molar-refractivity contribution >= 4 is 0 Å². The highest BCUT2D eigenvalue weighted by Crippen LogP contribution is 2.24. The third-order valence-electron chi connectivity index (χ3n) is 2.89. The summed E-state index contributed by atoms with van der Waals surface area (Å²) in [6.45, 7) is 4.99. The number of aryl methyl sites for hydroxylation is 1. The molecule has 0 saturated carbocycles. The Morgan fingerprint density at radius 3 is 2.82 bits per heavy atom. The molecule has 0 spiro atoms. The van der Waals surface area contributed by atoms with Gasteiger partial charge in [0.25, 0.3) is 0 Å². The minimum Gasteiger partial charge on any atom is -0.421 e. The van der Waals surface area contributed by atoms with E-state index >= 15 is 0 Å². The van der Waals surface area contributed by atoms with Crippen molar-refractivity contribution in [3.05, 3.63) is 35.2 Å². The molecular formula is C13H17N3O. The van der Waals surface area contributed by atoms with Gasteiger partial charge in [-0.25, -0.2) is 0 Å². The number of nitrogens with one attached hydrogen (secondary N) is 1. The summed E-state index contributed by atoms with van der Waals surface area (Å²) in [7, 11) is 1.90. The molecule has 17 heavy (non-hydrogen) atoms. The zero-order valence-corrected chi connectivity index (χ0v) is 10.4. The van der Waals surface area contributed by atoms with Crippen LogP contribution < -0.4 is 5.32 Å². The summed E-state index contributed by atoms with van der Waals surface area (Å²) in [5, 5.41) is 11.2.